The van der Waals surface area contributed by atoms with Gasteiger partial charge < -0.3 is 5.32 Å². The molecule has 1 fully saturated rings. The minimum Gasteiger partial charge on any atom is -0.352 e. The highest BCUT2D eigenvalue weighted by Crippen LogP contribution is 2.24. The lowest BCUT2D eigenvalue weighted by atomic mass is 9.85. The SMILES string of the molecule is CC[C@H](C)[C@H](NS(=O)(=O)c1ccc(C)cc1)C(=O)N[C@H]1CCCC[C@@H]1C. The molecule has 1 aliphatic rings. The second-order valence-corrected chi connectivity index (χ2v) is 9.39. The van der Waals surface area contributed by atoms with Crippen molar-refractivity contribution in [3.05, 3.63) is 29.8 Å². The molecule has 0 heterocycles. The first kappa shape index (κ1) is 20.9. The van der Waals surface area contributed by atoms with E-state index in [0.717, 1.165) is 24.8 Å². The van der Waals surface area contributed by atoms with E-state index < -0.39 is 16.1 Å². The van der Waals surface area contributed by atoms with Gasteiger partial charge in [-0.3, -0.25) is 4.79 Å². The summed E-state index contributed by atoms with van der Waals surface area (Å²) in [6, 6.07) is 6.04. The predicted octanol–water partition coefficient (Wildman–Crippen LogP) is 3.38. The zero-order valence-corrected chi connectivity index (χ0v) is 17.1. The van der Waals surface area contributed by atoms with Gasteiger partial charge >= 0.3 is 0 Å². The molecule has 0 unspecified atom stereocenters. The summed E-state index contributed by atoms with van der Waals surface area (Å²) >= 11 is 0. The van der Waals surface area contributed by atoms with Crippen molar-refractivity contribution in [2.24, 2.45) is 11.8 Å². The summed E-state index contributed by atoms with van der Waals surface area (Å²) in [5, 5.41) is 3.10. The van der Waals surface area contributed by atoms with Gasteiger partial charge in [-0.25, -0.2) is 8.42 Å². The monoisotopic (exact) mass is 380 g/mol. The van der Waals surface area contributed by atoms with E-state index in [1.165, 1.54) is 6.42 Å². The van der Waals surface area contributed by atoms with Gasteiger partial charge in [0.05, 0.1) is 4.90 Å². The smallest absolute Gasteiger partial charge is 0.241 e. The molecule has 1 aromatic carbocycles. The standard InChI is InChI=1S/C20H32N2O3S/c1-5-15(3)19(20(23)21-18-9-7-6-8-16(18)4)22-26(24,25)17-12-10-14(2)11-13-17/h10-13,15-16,18-19,22H,5-9H2,1-4H3,(H,21,23)/t15-,16-,18-,19-/m0/s1. The van der Waals surface area contributed by atoms with Gasteiger partial charge in [0.1, 0.15) is 6.04 Å². The van der Waals surface area contributed by atoms with Gasteiger partial charge in [0.2, 0.25) is 15.9 Å². The number of aryl methyl sites for hydroxylation is 1. The lowest BCUT2D eigenvalue weighted by Crippen LogP contribution is -2.53. The quantitative estimate of drug-likeness (QED) is 0.761. The van der Waals surface area contributed by atoms with Crippen LogP contribution in [0.1, 0.15) is 58.4 Å². The molecular weight excluding hydrogens is 348 g/mol. The number of benzene rings is 1. The first-order valence-corrected chi connectivity index (χ1v) is 11.1. The molecule has 0 saturated heterocycles. The van der Waals surface area contributed by atoms with E-state index in [4.69, 9.17) is 0 Å². The minimum atomic E-state index is -3.74. The number of carbonyl (C=O) groups excluding carboxylic acids is 1. The Morgan fingerprint density at radius 3 is 2.38 bits per heavy atom. The molecule has 146 valence electrons. The number of hydrogen-bond acceptors (Lipinski definition) is 3. The number of hydrogen-bond donors (Lipinski definition) is 2. The van der Waals surface area contributed by atoms with Crippen LogP contribution in [0, 0.1) is 18.8 Å². The maximum atomic E-state index is 12.9. The molecule has 0 spiro atoms. The molecular formula is C20H32N2O3S. The Morgan fingerprint density at radius 2 is 1.81 bits per heavy atom. The van der Waals surface area contributed by atoms with E-state index in [9.17, 15) is 13.2 Å². The summed E-state index contributed by atoms with van der Waals surface area (Å²) in [7, 11) is -3.74. The lowest BCUT2D eigenvalue weighted by Gasteiger charge is -2.32. The Hall–Kier alpha value is -1.40. The number of carbonyl (C=O) groups is 1. The van der Waals surface area contributed by atoms with E-state index in [1.54, 1.807) is 24.3 Å². The largest absolute Gasteiger partial charge is 0.352 e. The Labute approximate surface area is 158 Å². The van der Waals surface area contributed by atoms with Crippen molar-refractivity contribution >= 4 is 15.9 Å². The molecule has 0 radical (unpaired) electrons. The van der Waals surface area contributed by atoms with Crippen molar-refractivity contribution in [3.8, 4) is 0 Å². The van der Waals surface area contributed by atoms with Crippen LogP contribution in [-0.2, 0) is 14.8 Å². The van der Waals surface area contributed by atoms with Gasteiger partial charge in [0.25, 0.3) is 0 Å². The van der Waals surface area contributed by atoms with Crippen molar-refractivity contribution in [3.63, 3.8) is 0 Å². The predicted molar refractivity (Wildman–Crippen MR) is 104 cm³/mol. The Morgan fingerprint density at radius 1 is 1.19 bits per heavy atom. The number of amides is 1. The van der Waals surface area contributed by atoms with Gasteiger partial charge in [-0.1, -0.05) is 57.7 Å². The molecule has 0 aliphatic heterocycles. The van der Waals surface area contributed by atoms with Gasteiger partial charge in [0.15, 0.2) is 0 Å². The van der Waals surface area contributed by atoms with Crippen LogP contribution in [0.25, 0.3) is 0 Å². The Bertz CT molecular complexity index is 700. The lowest BCUT2D eigenvalue weighted by molar-refractivity contribution is -0.125. The van der Waals surface area contributed by atoms with Crippen LogP contribution in [0.2, 0.25) is 0 Å². The first-order chi connectivity index (χ1) is 12.2. The van der Waals surface area contributed by atoms with E-state index in [1.807, 2.05) is 20.8 Å². The fourth-order valence-corrected chi connectivity index (χ4v) is 4.72. The Kier molecular flexibility index (Phi) is 7.24. The van der Waals surface area contributed by atoms with Gasteiger partial charge in [0, 0.05) is 6.04 Å². The molecule has 26 heavy (non-hydrogen) atoms. The van der Waals surface area contributed by atoms with Crippen molar-refractivity contribution in [2.45, 2.75) is 76.8 Å². The second-order valence-electron chi connectivity index (χ2n) is 7.67. The van der Waals surface area contributed by atoms with Crippen molar-refractivity contribution in [1.82, 2.24) is 10.0 Å². The van der Waals surface area contributed by atoms with Crippen LogP contribution in [-0.4, -0.2) is 26.4 Å². The third-order valence-corrected chi connectivity index (χ3v) is 7.00. The van der Waals surface area contributed by atoms with Crippen LogP contribution in [0.3, 0.4) is 0 Å². The molecule has 1 aromatic rings. The van der Waals surface area contributed by atoms with E-state index in [0.29, 0.717) is 12.3 Å². The van der Waals surface area contributed by atoms with Crippen molar-refractivity contribution < 1.29 is 13.2 Å². The summed E-state index contributed by atoms with van der Waals surface area (Å²) in [4.78, 5) is 13.1. The fraction of sp³-hybridized carbons (Fsp3) is 0.650. The molecule has 0 aromatic heterocycles. The van der Waals surface area contributed by atoms with Crippen LogP contribution in [0.15, 0.2) is 29.2 Å². The van der Waals surface area contributed by atoms with Gasteiger partial charge in [-0.2, -0.15) is 4.72 Å². The highest BCUT2D eigenvalue weighted by molar-refractivity contribution is 7.89. The summed E-state index contributed by atoms with van der Waals surface area (Å²) in [6.07, 6.45) is 5.09. The summed E-state index contributed by atoms with van der Waals surface area (Å²) in [5.74, 6) is 0.127. The molecule has 1 aliphatic carbocycles. The number of nitrogens with one attached hydrogen (secondary N) is 2. The molecule has 0 bridgehead atoms. The number of rotatable bonds is 7. The van der Waals surface area contributed by atoms with E-state index >= 15 is 0 Å². The van der Waals surface area contributed by atoms with Gasteiger partial charge in [-0.15, -0.1) is 0 Å². The highest BCUT2D eigenvalue weighted by Gasteiger charge is 2.32. The molecule has 2 N–H and O–H groups in total. The summed E-state index contributed by atoms with van der Waals surface area (Å²) < 4.78 is 28.1. The number of sulfonamides is 1. The normalized spacial score (nSPS) is 23.2. The van der Waals surface area contributed by atoms with E-state index in [2.05, 4.69) is 17.0 Å². The van der Waals surface area contributed by atoms with Crippen molar-refractivity contribution in [2.75, 3.05) is 0 Å². The molecule has 4 atom stereocenters. The molecule has 2 rings (SSSR count). The fourth-order valence-electron chi connectivity index (χ4n) is 3.42. The van der Waals surface area contributed by atoms with Crippen LogP contribution < -0.4 is 10.0 Å². The molecule has 6 heteroatoms. The zero-order chi connectivity index (χ0) is 19.3. The summed E-state index contributed by atoms with van der Waals surface area (Å²) in [6.45, 7) is 7.93. The molecule has 1 saturated carbocycles. The van der Waals surface area contributed by atoms with Crippen LogP contribution >= 0.6 is 0 Å². The third-order valence-electron chi connectivity index (χ3n) is 5.55. The average Bonchev–Trinajstić information content (AvgIpc) is 2.61. The van der Waals surface area contributed by atoms with Crippen LogP contribution in [0.5, 0.6) is 0 Å². The van der Waals surface area contributed by atoms with Gasteiger partial charge in [-0.05, 0) is 43.7 Å². The third kappa shape index (κ3) is 5.30. The molecule has 1 amide bonds. The van der Waals surface area contributed by atoms with Crippen molar-refractivity contribution in [1.29, 1.82) is 0 Å². The topological polar surface area (TPSA) is 75.3 Å². The Balaban J connectivity index is 2.15. The average molecular weight is 381 g/mol. The maximum absolute atomic E-state index is 12.9. The van der Waals surface area contributed by atoms with Crippen LogP contribution in [0.4, 0.5) is 0 Å². The molecule has 5 nitrogen and oxygen atoms in total. The highest BCUT2D eigenvalue weighted by atomic mass is 32.2. The minimum absolute atomic E-state index is 0.0888. The second kappa shape index (κ2) is 9.00. The van der Waals surface area contributed by atoms with E-state index in [-0.39, 0.29) is 22.8 Å². The zero-order valence-electron chi connectivity index (χ0n) is 16.3. The maximum Gasteiger partial charge on any atom is 0.241 e. The first-order valence-electron chi connectivity index (χ1n) is 9.64. The summed E-state index contributed by atoms with van der Waals surface area (Å²) in [5.41, 5.74) is 0.992.